The maximum atomic E-state index is 10.3. The number of carbonyl (C=O) groups excluding carboxylic acids is 6. The summed E-state index contributed by atoms with van der Waals surface area (Å²) in [5.74, 6) is -9.11. The molecule has 0 aliphatic heterocycles. The molecule has 3 aromatic carbocycles. The fourth-order valence-corrected chi connectivity index (χ4v) is 2.52. The van der Waals surface area contributed by atoms with Crippen LogP contribution in [0.25, 0.3) is 0 Å². The number of aromatic carboxylic acids is 6. The summed E-state index contributed by atoms with van der Waals surface area (Å²) in [5.41, 5.74) is -2.18. The monoisotopic (exact) mass is 886 g/mol. The Morgan fingerprint density at radius 3 is 0.500 bits per heavy atom. The van der Waals surface area contributed by atoms with Gasteiger partial charge < -0.3 is 59.4 Å². The molecule has 3 aromatic rings. The van der Waals surface area contributed by atoms with Crippen molar-refractivity contribution in [2.45, 2.75) is 0 Å². The van der Waals surface area contributed by atoms with E-state index in [0.29, 0.717) is 0 Å². The van der Waals surface area contributed by atoms with Crippen molar-refractivity contribution in [3.63, 3.8) is 0 Å². The Kier molecular flexibility index (Phi) is 16.6. The van der Waals surface area contributed by atoms with Crippen molar-refractivity contribution in [3.05, 3.63) is 106 Å². The molecule has 202 valence electrons. The fourth-order valence-electron chi connectivity index (χ4n) is 2.52. The zero-order valence-electron chi connectivity index (χ0n) is 18.4. The van der Waals surface area contributed by atoms with Gasteiger partial charge in [0.05, 0.1) is 35.8 Å². The maximum absolute atomic E-state index is 10.3. The van der Waals surface area contributed by atoms with Gasteiger partial charge in [-0.05, 0) is 0 Å². The van der Waals surface area contributed by atoms with Crippen LogP contribution in [-0.2, 0) is 44.8 Å². The van der Waals surface area contributed by atoms with Crippen molar-refractivity contribution in [2.75, 3.05) is 0 Å². The second-order valence-corrected chi connectivity index (χ2v) is 6.36. The van der Waals surface area contributed by atoms with Crippen molar-refractivity contribution in [1.29, 1.82) is 0 Å². The van der Waals surface area contributed by atoms with E-state index in [0.717, 1.165) is 36.4 Å². The summed E-state index contributed by atoms with van der Waals surface area (Å²) < 4.78 is 0. The zero-order valence-corrected chi connectivity index (χ0v) is 22.8. The molecule has 0 unspecified atom stereocenters. The van der Waals surface area contributed by atoms with Crippen molar-refractivity contribution >= 4 is 35.8 Å². The molecule has 12 nitrogen and oxygen atoms in total. The van der Waals surface area contributed by atoms with E-state index in [-0.39, 0.29) is 78.1 Å². The summed E-state index contributed by atoms with van der Waals surface area (Å²) in [7, 11) is 0. The van der Waals surface area contributed by atoms with E-state index in [2.05, 4.69) is 0 Å². The third kappa shape index (κ3) is 10.9. The normalized spacial score (nSPS) is 8.84. The summed E-state index contributed by atoms with van der Waals surface area (Å²) in [6.45, 7) is 0. The number of carboxylic acids is 6. The first-order valence-corrected chi connectivity index (χ1v) is 9.43. The first-order chi connectivity index (χ1) is 16.9. The topological polar surface area (TPSA) is 241 Å². The molecule has 0 N–H and O–H groups in total. The van der Waals surface area contributed by atoms with E-state index in [1.807, 2.05) is 0 Å². The van der Waals surface area contributed by atoms with Crippen LogP contribution in [0, 0.1) is 0 Å². The molecule has 0 atom stereocenters. The van der Waals surface area contributed by atoms with Gasteiger partial charge in [0.1, 0.15) is 0 Å². The number of hydrogen-bond donors (Lipinski definition) is 0. The molecule has 0 heterocycles. The molecule has 0 saturated heterocycles. The van der Waals surface area contributed by atoms with Crippen LogP contribution in [0.3, 0.4) is 0 Å². The van der Waals surface area contributed by atoms with Gasteiger partial charge in [0.2, 0.25) is 0 Å². The largest absolute Gasteiger partial charge is 3.00 e. The molecule has 14 heteroatoms. The number of carbonyl (C=O) groups is 6. The minimum Gasteiger partial charge on any atom is -0.545 e. The molecule has 0 aromatic heterocycles. The minimum absolute atomic E-state index is 0. The fraction of sp³-hybridized carbons (Fsp3) is 0. The van der Waals surface area contributed by atoms with Crippen LogP contribution < -0.4 is 30.6 Å². The van der Waals surface area contributed by atoms with E-state index >= 15 is 0 Å². The molecule has 0 spiro atoms. The first kappa shape index (κ1) is 36.1. The van der Waals surface area contributed by atoms with Gasteiger partial charge in [0, 0.05) is 33.4 Å². The molecule has 0 aliphatic carbocycles. The summed E-state index contributed by atoms with van der Waals surface area (Å²) in [6, 6.07) is 15.4. The molecule has 0 bridgehead atoms. The van der Waals surface area contributed by atoms with Gasteiger partial charge >= 0.3 is 44.8 Å². The van der Waals surface area contributed by atoms with Crippen LogP contribution in [0.5, 0.6) is 0 Å². The standard InChI is InChI=1S/3C8H6O4.2Au/c3*9-7(10)5-3-1-2-4-6(5)8(11)12;;/h3*1-4H,(H,9,10)(H,11,12);;/q;;;2*+3/p-6. The van der Waals surface area contributed by atoms with Crippen LogP contribution in [0.15, 0.2) is 72.8 Å². The van der Waals surface area contributed by atoms with Gasteiger partial charge in [0.25, 0.3) is 0 Å². The van der Waals surface area contributed by atoms with Gasteiger partial charge in [-0.25, -0.2) is 0 Å². The molecule has 0 amide bonds. The number of benzene rings is 3. The van der Waals surface area contributed by atoms with Crippen LogP contribution in [0.4, 0.5) is 0 Å². The Morgan fingerprint density at radius 1 is 0.316 bits per heavy atom. The summed E-state index contributed by atoms with van der Waals surface area (Å²) in [5, 5.41) is 61.9. The van der Waals surface area contributed by atoms with Crippen LogP contribution in [0.1, 0.15) is 62.1 Å². The summed E-state index contributed by atoms with van der Waals surface area (Å²) >= 11 is 0. The van der Waals surface area contributed by atoms with Crippen molar-refractivity contribution in [1.82, 2.24) is 0 Å². The van der Waals surface area contributed by atoms with E-state index in [1.54, 1.807) is 0 Å². The van der Waals surface area contributed by atoms with Gasteiger partial charge in [-0.3, -0.25) is 0 Å². The zero-order chi connectivity index (χ0) is 27.4. The first-order valence-electron chi connectivity index (χ1n) is 9.43. The quantitative estimate of drug-likeness (QED) is 0.212. The maximum Gasteiger partial charge on any atom is 3.00 e. The predicted octanol–water partition coefficient (Wildman–Crippen LogP) is -4.76. The molecule has 38 heavy (non-hydrogen) atoms. The van der Waals surface area contributed by atoms with E-state index in [4.69, 9.17) is 0 Å². The smallest absolute Gasteiger partial charge is 0.545 e. The minimum atomic E-state index is -1.52. The molecule has 0 aliphatic rings. The van der Waals surface area contributed by atoms with Crippen molar-refractivity contribution < 1.29 is 104 Å². The number of carboxylic acid groups (broad SMARTS) is 6. The van der Waals surface area contributed by atoms with E-state index in [9.17, 15) is 59.4 Å². The average Bonchev–Trinajstić information content (AvgIpc) is 2.84. The van der Waals surface area contributed by atoms with Crippen molar-refractivity contribution in [2.24, 2.45) is 0 Å². The Hall–Kier alpha value is -4.04. The third-order valence-electron chi connectivity index (χ3n) is 4.10. The number of rotatable bonds is 6. The van der Waals surface area contributed by atoms with Gasteiger partial charge in [-0.15, -0.1) is 0 Å². The second kappa shape index (κ2) is 17.4. The Labute approximate surface area is 245 Å². The van der Waals surface area contributed by atoms with Crippen molar-refractivity contribution in [3.8, 4) is 0 Å². The van der Waals surface area contributed by atoms with E-state index < -0.39 is 35.8 Å². The molecule has 0 fully saturated rings. The summed E-state index contributed by atoms with van der Waals surface area (Å²) in [6.07, 6.45) is 0. The molecular formula is C24H12Au2O12. The predicted molar refractivity (Wildman–Crippen MR) is 105 cm³/mol. The molecule has 3 rings (SSSR count). The van der Waals surface area contributed by atoms with Gasteiger partial charge in [-0.1, -0.05) is 72.8 Å². The third-order valence-corrected chi connectivity index (χ3v) is 4.10. The summed E-state index contributed by atoms with van der Waals surface area (Å²) in [4.78, 5) is 61.9. The van der Waals surface area contributed by atoms with Crippen LogP contribution in [0.2, 0.25) is 0 Å². The average molecular weight is 886 g/mol. The van der Waals surface area contributed by atoms with E-state index in [1.165, 1.54) is 36.4 Å². The molecule has 0 saturated carbocycles. The second-order valence-electron chi connectivity index (χ2n) is 6.36. The Morgan fingerprint density at radius 2 is 0.421 bits per heavy atom. The Balaban J connectivity index is 0. The van der Waals surface area contributed by atoms with Gasteiger partial charge in [0.15, 0.2) is 0 Å². The molecular weight excluding hydrogens is 874 g/mol. The van der Waals surface area contributed by atoms with Crippen LogP contribution >= 0.6 is 0 Å². The molecule has 0 radical (unpaired) electrons. The SMILES string of the molecule is O=C([O-])c1ccccc1C(=O)[O-].O=C([O-])c1ccccc1C(=O)[O-].O=C([O-])c1ccccc1C(=O)[O-].[Au+3].[Au+3]. The Bertz CT molecular complexity index is 1060. The number of hydrogen-bond acceptors (Lipinski definition) is 12. The van der Waals surface area contributed by atoms with Crippen LogP contribution in [-0.4, -0.2) is 35.8 Å². The van der Waals surface area contributed by atoms with Gasteiger partial charge in [-0.2, -0.15) is 0 Å².